The zero-order valence-corrected chi connectivity index (χ0v) is 11.5. The number of aromatic nitrogens is 2. The number of nitrogen functional groups attached to an aromatic ring is 1. The Bertz CT molecular complexity index is 621. The highest BCUT2D eigenvalue weighted by Crippen LogP contribution is 2.21. The molecule has 0 saturated carbocycles. The second kappa shape index (κ2) is 5.32. The Balaban J connectivity index is 2.09. The molecule has 0 saturated heterocycles. The third-order valence-corrected chi connectivity index (χ3v) is 3.02. The molecule has 0 aliphatic heterocycles. The van der Waals surface area contributed by atoms with Gasteiger partial charge in [-0.1, -0.05) is 23.7 Å². The highest BCUT2D eigenvalue weighted by Gasteiger charge is 2.13. The van der Waals surface area contributed by atoms with E-state index in [-0.39, 0.29) is 12.3 Å². The fourth-order valence-electron chi connectivity index (χ4n) is 1.83. The van der Waals surface area contributed by atoms with Crippen molar-refractivity contribution in [2.24, 2.45) is 7.05 Å². The topological polar surface area (TPSA) is 72.9 Å². The zero-order chi connectivity index (χ0) is 14.0. The maximum atomic E-state index is 12.0. The Morgan fingerprint density at radius 1 is 1.53 bits per heavy atom. The van der Waals surface area contributed by atoms with Crippen molar-refractivity contribution in [2.45, 2.75) is 13.3 Å². The summed E-state index contributed by atoms with van der Waals surface area (Å²) in [6.07, 6.45) is 0.240. The maximum Gasteiger partial charge on any atom is 0.229 e. The Hall–Kier alpha value is -2.01. The number of hydrogen-bond donors (Lipinski definition) is 2. The van der Waals surface area contributed by atoms with Crippen LogP contribution in [0.25, 0.3) is 0 Å². The van der Waals surface area contributed by atoms with Crippen LogP contribution in [0.4, 0.5) is 11.5 Å². The first-order chi connectivity index (χ1) is 8.97. The fourth-order valence-corrected chi connectivity index (χ4v) is 2.04. The summed E-state index contributed by atoms with van der Waals surface area (Å²) in [5, 5.41) is 7.51. The molecule has 5 nitrogen and oxygen atoms in total. The first-order valence-corrected chi connectivity index (χ1v) is 6.18. The molecule has 1 aromatic carbocycles. The lowest BCUT2D eigenvalue weighted by Crippen LogP contribution is -2.17. The van der Waals surface area contributed by atoms with Gasteiger partial charge in [0.2, 0.25) is 5.91 Å². The predicted octanol–water partition coefficient (Wildman–Crippen LogP) is 2.15. The molecular weight excluding hydrogens is 264 g/mol. The molecule has 100 valence electrons. The highest BCUT2D eigenvalue weighted by molar-refractivity contribution is 6.30. The fraction of sp³-hybridized carbons (Fsp3) is 0.231. The van der Waals surface area contributed by atoms with Gasteiger partial charge in [-0.25, -0.2) is 0 Å². The molecule has 0 radical (unpaired) electrons. The highest BCUT2D eigenvalue weighted by atomic mass is 35.5. The average Bonchev–Trinajstić information content (AvgIpc) is 2.56. The van der Waals surface area contributed by atoms with E-state index in [1.807, 2.05) is 12.1 Å². The van der Waals surface area contributed by atoms with E-state index < -0.39 is 0 Å². The smallest absolute Gasteiger partial charge is 0.229 e. The minimum absolute atomic E-state index is 0.156. The van der Waals surface area contributed by atoms with Gasteiger partial charge < -0.3 is 11.1 Å². The molecule has 0 unspecified atom stereocenters. The van der Waals surface area contributed by atoms with Crippen LogP contribution in [0.1, 0.15) is 11.3 Å². The third-order valence-electron chi connectivity index (χ3n) is 2.78. The molecule has 1 aromatic heterocycles. The molecule has 0 bridgehead atoms. The summed E-state index contributed by atoms with van der Waals surface area (Å²) in [5.74, 6) is 0.362. The van der Waals surface area contributed by atoms with E-state index in [4.69, 9.17) is 17.3 Å². The molecule has 19 heavy (non-hydrogen) atoms. The van der Waals surface area contributed by atoms with Gasteiger partial charge >= 0.3 is 0 Å². The van der Waals surface area contributed by atoms with E-state index in [2.05, 4.69) is 10.4 Å². The van der Waals surface area contributed by atoms with Gasteiger partial charge in [-0.2, -0.15) is 5.10 Å². The summed E-state index contributed by atoms with van der Waals surface area (Å²) in [6, 6.07) is 7.20. The van der Waals surface area contributed by atoms with Gasteiger partial charge in [0, 0.05) is 12.1 Å². The summed E-state index contributed by atoms with van der Waals surface area (Å²) in [4.78, 5) is 12.0. The molecule has 0 atom stereocenters. The Morgan fingerprint density at radius 3 is 2.84 bits per heavy atom. The van der Waals surface area contributed by atoms with Crippen LogP contribution in [-0.4, -0.2) is 15.7 Å². The second-order valence-corrected chi connectivity index (χ2v) is 4.76. The van der Waals surface area contributed by atoms with Crippen molar-refractivity contribution >= 4 is 29.0 Å². The van der Waals surface area contributed by atoms with Crippen LogP contribution in [-0.2, 0) is 18.3 Å². The normalized spacial score (nSPS) is 10.5. The van der Waals surface area contributed by atoms with E-state index in [9.17, 15) is 4.79 Å². The standard InChI is InChI=1S/C13H15ClN4O/c1-8-12(15)13(18(2)17-8)16-11(19)7-9-4-3-5-10(14)6-9/h3-6H,7,15H2,1-2H3,(H,16,19). The number of nitrogens with two attached hydrogens (primary N) is 1. The van der Waals surface area contributed by atoms with Crippen LogP contribution in [0.3, 0.4) is 0 Å². The van der Waals surface area contributed by atoms with Crippen LogP contribution in [0, 0.1) is 6.92 Å². The van der Waals surface area contributed by atoms with E-state index in [1.165, 1.54) is 0 Å². The molecule has 0 aliphatic carbocycles. The van der Waals surface area contributed by atoms with Gasteiger partial charge in [-0.05, 0) is 24.6 Å². The largest absolute Gasteiger partial charge is 0.394 e. The van der Waals surface area contributed by atoms with Gasteiger partial charge in [0.1, 0.15) is 0 Å². The first-order valence-electron chi connectivity index (χ1n) is 5.80. The Kier molecular flexibility index (Phi) is 3.76. The number of aryl methyl sites for hydroxylation is 2. The van der Waals surface area contributed by atoms with E-state index in [1.54, 1.807) is 30.8 Å². The van der Waals surface area contributed by atoms with Gasteiger partial charge in [-0.3, -0.25) is 9.48 Å². The van der Waals surface area contributed by atoms with Crippen molar-refractivity contribution < 1.29 is 4.79 Å². The van der Waals surface area contributed by atoms with E-state index in [0.717, 1.165) is 5.56 Å². The minimum atomic E-state index is -0.156. The van der Waals surface area contributed by atoms with Crippen molar-refractivity contribution in [1.82, 2.24) is 9.78 Å². The molecule has 3 N–H and O–H groups in total. The Morgan fingerprint density at radius 2 is 2.26 bits per heavy atom. The number of amides is 1. The van der Waals surface area contributed by atoms with Crippen molar-refractivity contribution in [3.8, 4) is 0 Å². The third kappa shape index (κ3) is 3.06. The van der Waals surface area contributed by atoms with Crippen LogP contribution >= 0.6 is 11.6 Å². The lowest BCUT2D eigenvalue weighted by molar-refractivity contribution is -0.115. The van der Waals surface area contributed by atoms with Gasteiger partial charge in [-0.15, -0.1) is 0 Å². The molecular formula is C13H15ClN4O. The van der Waals surface area contributed by atoms with Crippen molar-refractivity contribution in [3.05, 3.63) is 40.5 Å². The van der Waals surface area contributed by atoms with Gasteiger partial charge in [0.15, 0.2) is 5.82 Å². The SMILES string of the molecule is Cc1nn(C)c(NC(=O)Cc2cccc(Cl)c2)c1N. The number of carbonyl (C=O) groups is 1. The van der Waals surface area contributed by atoms with Crippen LogP contribution in [0.5, 0.6) is 0 Å². The van der Waals surface area contributed by atoms with Crippen molar-refractivity contribution in [1.29, 1.82) is 0 Å². The van der Waals surface area contributed by atoms with Gasteiger partial charge in [0.25, 0.3) is 0 Å². The number of carbonyl (C=O) groups excluding carboxylic acids is 1. The van der Waals surface area contributed by atoms with Crippen LogP contribution in [0.2, 0.25) is 5.02 Å². The average molecular weight is 279 g/mol. The number of nitrogens with zero attached hydrogens (tertiary/aromatic N) is 2. The summed E-state index contributed by atoms with van der Waals surface area (Å²) in [7, 11) is 1.73. The number of hydrogen-bond acceptors (Lipinski definition) is 3. The summed E-state index contributed by atoms with van der Waals surface area (Å²) < 4.78 is 1.56. The number of anilines is 2. The second-order valence-electron chi connectivity index (χ2n) is 4.33. The number of benzene rings is 1. The van der Waals surface area contributed by atoms with Crippen molar-refractivity contribution in [2.75, 3.05) is 11.1 Å². The van der Waals surface area contributed by atoms with E-state index >= 15 is 0 Å². The quantitative estimate of drug-likeness (QED) is 0.903. The Labute approximate surface area is 116 Å². The minimum Gasteiger partial charge on any atom is -0.394 e. The summed E-state index contributed by atoms with van der Waals surface area (Å²) >= 11 is 5.88. The van der Waals surface area contributed by atoms with E-state index in [0.29, 0.717) is 22.2 Å². The maximum absolute atomic E-state index is 12.0. The monoisotopic (exact) mass is 278 g/mol. The van der Waals surface area contributed by atoms with Gasteiger partial charge in [0.05, 0.1) is 17.8 Å². The predicted molar refractivity (Wildman–Crippen MR) is 76.1 cm³/mol. The van der Waals surface area contributed by atoms with Crippen LogP contribution in [0.15, 0.2) is 24.3 Å². The lowest BCUT2D eigenvalue weighted by atomic mass is 10.1. The summed E-state index contributed by atoms with van der Waals surface area (Å²) in [6.45, 7) is 1.79. The molecule has 0 spiro atoms. The van der Waals surface area contributed by atoms with Crippen LogP contribution < -0.4 is 11.1 Å². The molecule has 1 amide bonds. The number of halogens is 1. The van der Waals surface area contributed by atoms with Crippen molar-refractivity contribution in [3.63, 3.8) is 0 Å². The lowest BCUT2D eigenvalue weighted by Gasteiger charge is -2.06. The summed E-state index contributed by atoms with van der Waals surface area (Å²) in [5.41, 5.74) is 7.88. The zero-order valence-electron chi connectivity index (χ0n) is 10.8. The number of nitrogens with one attached hydrogen (secondary N) is 1. The molecule has 1 heterocycles. The first kappa shape index (κ1) is 13.4. The molecule has 0 aliphatic rings. The molecule has 2 rings (SSSR count). The molecule has 2 aromatic rings. The molecule has 0 fully saturated rings. The number of rotatable bonds is 3. The molecule has 6 heteroatoms.